The molecular weight excluding hydrogens is 308 g/mol. The van der Waals surface area contributed by atoms with Crippen LogP contribution >= 0.6 is 0 Å². The number of nitrogens with one attached hydrogen (secondary N) is 1. The van der Waals surface area contributed by atoms with Crippen LogP contribution in [0.4, 0.5) is 0 Å². The lowest BCUT2D eigenvalue weighted by atomic mass is 9.81. The molecule has 0 atom stereocenters. The van der Waals surface area contributed by atoms with Crippen LogP contribution in [0.5, 0.6) is 0 Å². The molecular formula is C18H24N2O2S. The molecule has 0 aliphatic rings. The van der Waals surface area contributed by atoms with Gasteiger partial charge in [0.25, 0.3) is 0 Å². The Morgan fingerprint density at radius 1 is 1.04 bits per heavy atom. The van der Waals surface area contributed by atoms with Gasteiger partial charge >= 0.3 is 0 Å². The van der Waals surface area contributed by atoms with Gasteiger partial charge in [0.1, 0.15) is 0 Å². The zero-order valence-corrected chi connectivity index (χ0v) is 14.7. The minimum atomic E-state index is -3.42. The second-order valence-corrected chi connectivity index (χ2v) is 8.20. The fourth-order valence-corrected chi connectivity index (χ4v) is 3.56. The van der Waals surface area contributed by atoms with Gasteiger partial charge in [-0.15, -0.1) is 0 Å². The third-order valence-electron chi connectivity index (χ3n) is 4.06. The summed E-state index contributed by atoms with van der Waals surface area (Å²) in [5.41, 5.74) is 2.26. The summed E-state index contributed by atoms with van der Waals surface area (Å²) in [6.45, 7) is 6.70. The predicted octanol–water partition coefficient (Wildman–Crippen LogP) is 3.43. The highest BCUT2D eigenvalue weighted by molar-refractivity contribution is 7.89. The lowest BCUT2D eigenvalue weighted by Gasteiger charge is -2.25. The van der Waals surface area contributed by atoms with E-state index in [1.54, 1.807) is 36.7 Å². The molecule has 0 radical (unpaired) electrons. The van der Waals surface area contributed by atoms with Gasteiger partial charge in [-0.1, -0.05) is 31.5 Å². The van der Waals surface area contributed by atoms with Gasteiger partial charge in [-0.2, -0.15) is 0 Å². The van der Waals surface area contributed by atoms with Gasteiger partial charge in [-0.25, -0.2) is 13.1 Å². The Labute approximate surface area is 139 Å². The number of benzene rings is 1. The van der Waals surface area contributed by atoms with Crippen LogP contribution in [0.3, 0.4) is 0 Å². The van der Waals surface area contributed by atoms with Gasteiger partial charge in [-0.3, -0.25) is 4.98 Å². The summed E-state index contributed by atoms with van der Waals surface area (Å²) in [5.74, 6) is 0. The molecule has 0 saturated heterocycles. The molecule has 0 aliphatic carbocycles. The first-order valence-corrected chi connectivity index (χ1v) is 9.26. The van der Waals surface area contributed by atoms with Crippen molar-refractivity contribution in [2.24, 2.45) is 0 Å². The zero-order chi connectivity index (χ0) is 16.9. The summed E-state index contributed by atoms with van der Waals surface area (Å²) >= 11 is 0. The molecule has 0 unspecified atom stereocenters. The van der Waals surface area contributed by atoms with E-state index in [0.29, 0.717) is 11.4 Å². The van der Waals surface area contributed by atoms with Crippen LogP contribution in [0, 0.1) is 6.92 Å². The normalized spacial score (nSPS) is 12.3. The monoisotopic (exact) mass is 332 g/mol. The Kier molecular flexibility index (Phi) is 5.55. The van der Waals surface area contributed by atoms with Crippen molar-refractivity contribution in [2.75, 3.05) is 6.54 Å². The Morgan fingerprint density at radius 3 is 2.26 bits per heavy atom. The topological polar surface area (TPSA) is 59.1 Å². The van der Waals surface area contributed by atoms with Crippen molar-refractivity contribution >= 4 is 10.0 Å². The van der Waals surface area contributed by atoms with Crippen molar-refractivity contribution in [1.29, 1.82) is 0 Å². The van der Waals surface area contributed by atoms with Crippen molar-refractivity contribution in [3.8, 4) is 0 Å². The fraction of sp³-hybridized carbons (Fsp3) is 0.389. The largest absolute Gasteiger partial charge is 0.265 e. The Morgan fingerprint density at radius 2 is 1.65 bits per heavy atom. The average molecular weight is 332 g/mol. The number of rotatable bonds is 7. The van der Waals surface area contributed by atoms with Crippen LogP contribution in [0.15, 0.2) is 53.7 Å². The lowest BCUT2D eigenvalue weighted by Crippen LogP contribution is -2.26. The van der Waals surface area contributed by atoms with E-state index in [4.69, 9.17) is 0 Å². The Bertz CT molecular complexity index is 723. The number of nitrogens with zero attached hydrogens (tertiary/aromatic N) is 1. The molecule has 0 amide bonds. The first-order chi connectivity index (χ1) is 10.8. The van der Waals surface area contributed by atoms with E-state index in [1.165, 1.54) is 5.56 Å². The van der Waals surface area contributed by atoms with E-state index < -0.39 is 10.0 Å². The van der Waals surface area contributed by atoms with E-state index in [2.05, 4.69) is 23.6 Å². The summed E-state index contributed by atoms with van der Waals surface area (Å²) in [6.07, 6.45) is 5.25. The summed E-state index contributed by atoms with van der Waals surface area (Å²) in [4.78, 5) is 4.35. The second-order valence-electron chi connectivity index (χ2n) is 6.43. The number of sulfonamides is 1. The van der Waals surface area contributed by atoms with Gasteiger partial charge in [0, 0.05) is 18.9 Å². The van der Waals surface area contributed by atoms with E-state index in [9.17, 15) is 8.42 Å². The molecule has 0 saturated carbocycles. The number of hydrogen-bond acceptors (Lipinski definition) is 3. The van der Waals surface area contributed by atoms with E-state index in [-0.39, 0.29) is 5.41 Å². The molecule has 4 nitrogen and oxygen atoms in total. The summed E-state index contributed by atoms with van der Waals surface area (Å²) in [6, 6.07) is 10.9. The lowest BCUT2D eigenvalue weighted by molar-refractivity contribution is 0.458. The molecule has 1 N–H and O–H groups in total. The maximum atomic E-state index is 12.2. The SMILES string of the molecule is Cc1ccc(S(=O)(=O)NCCCC(C)(C)c2ccncc2)cc1. The van der Waals surface area contributed by atoms with Crippen LogP contribution in [-0.4, -0.2) is 19.9 Å². The first-order valence-electron chi connectivity index (χ1n) is 7.78. The molecule has 0 fully saturated rings. The van der Waals surface area contributed by atoms with Gasteiger partial charge < -0.3 is 0 Å². The maximum absolute atomic E-state index is 12.2. The third kappa shape index (κ3) is 4.88. The molecule has 23 heavy (non-hydrogen) atoms. The fourth-order valence-electron chi connectivity index (χ4n) is 2.49. The minimum Gasteiger partial charge on any atom is -0.265 e. The third-order valence-corrected chi connectivity index (χ3v) is 5.54. The van der Waals surface area contributed by atoms with Crippen molar-refractivity contribution in [2.45, 2.75) is 43.9 Å². The van der Waals surface area contributed by atoms with Crippen molar-refractivity contribution in [3.63, 3.8) is 0 Å². The van der Waals surface area contributed by atoms with Gasteiger partial charge in [0.2, 0.25) is 10.0 Å². The standard InChI is InChI=1S/C18H24N2O2S/c1-15-5-7-17(8-6-15)23(21,22)20-12-4-11-18(2,3)16-9-13-19-14-10-16/h5-10,13-14,20H,4,11-12H2,1-3H3. The molecule has 1 aromatic carbocycles. The second kappa shape index (κ2) is 7.23. The molecule has 2 rings (SSSR count). The van der Waals surface area contributed by atoms with Gasteiger partial charge in [-0.05, 0) is 55.0 Å². The van der Waals surface area contributed by atoms with Crippen LogP contribution in [0.25, 0.3) is 0 Å². The molecule has 1 aromatic heterocycles. The van der Waals surface area contributed by atoms with Crippen LogP contribution < -0.4 is 4.72 Å². The molecule has 0 bridgehead atoms. The van der Waals surface area contributed by atoms with Crippen LogP contribution in [0.1, 0.15) is 37.8 Å². The van der Waals surface area contributed by atoms with E-state index in [1.807, 2.05) is 19.1 Å². The van der Waals surface area contributed by atoms with E-state index in [0.717, 1.165) is 18.4 Å². The number of aryl methyl sites for hydroxylation is 1. The molecule has 0 aliphatic heterocycles. The highest BCUT2D eigenvalue weighted by Crippen LogP contribution is 2.27. The smallest absolute Gasteiger partial charge is 0.240 e. The Balaban J connectivity index is 1.88. The molecule has 0 spiro atoms. The van der Waals surface area contributed by atoms with Crippen molar-refractivity contribution in [3.05, 3.63) is 59.9 Å². The Hall–Kier alpha value is -1.72. The van der Waals surface area contributed by atoms with Gasteiger partial charge in [0.05, 0.1) is 4.90 Å². The van der Waals surface area contributed by atoms with E-state index >= 15 is 0 Å². The average Bonchev–Trinajstić information content (AvgIpc) is 2.53. The molecule has 124 valence electrons. The molecule has 5 heteroatoms. The minimum absolute atomic E-state index is 0.00175. The molecule has 2 aromatic rings. The number of pyridine rings is 1. The number of hydrogen-bond donors (Lipinski definition) is 1. The quantitative estimate of drug-likeness (QED) is 0.790. The van der Waals surface area contributed by atoms with Crippen LogP contribution in [0.2, 0.25) is 0 Å². The van der Waals surface area contributed by atoms with Crippen molar-refractivity contribution in [1.82, 2.24) is 9.71 Å². The predicted molar refractivity (Wildman–Crippen MR) is 92.9 cm³/mol. The maximum Gasteiger partial charge on any atom is 0.240 e. The van der Waals surface area contributed by atoms with Crippen molar-refractivity contribution < 1.29 is 8.42 Å². The summed E-state index contributed by atoms with van der Waals surface area (Å²) in [5, 5.41) is 0. The highest BCUT2D eigenvalue weighted by atomic mass is 32.2. The summed E-state index contributed by atoms with van der Waals surface area (Å²) < 4.78 is 27.1. The zero-order valence-electron chi connectivity index (χ0n) is 13.9. The highest BCUT2D eigenvalue weighted by Gasteiger charge is 2.20. The van der Waals surface area contributed by atoms with Gasteiger partial charge in [0.15, 0.2) is 0 Å². The molecule has 1 heterocycles. The first kappa shape index (κ1) is 17.6. The number of aromatic nitrogens is 1. The van der Waals surface area contributed by atoms with Crippen LogP contribution in [-0.2, 0) is 15.4 Å². The summed E-state index contributed by atoms with van der Waals surface area (Å²) in [7, 11) is -3.42.